The Labute approximate surface area is 269 Å². The number of rotatable bonds is 9. The molecule has 13 heteroatoms. The van der Waals surface area contributed by atoms with Crippen molar-refractivity contribution in [2.75, 3.05) is 64.7 Å². The molecule has 4 heterocycles. The van der Waals surface area contributed by atoms with E-state index in [9.17, 15) is 14.5 Å². The van der Waals surface area contributed by atoms with E-state index < -0.39 is 0 Å². The van der Waals surface area contributed by atoms with Crippen LogP contribution in [0, 0.1) is 27.8 Å². The van der Waals surface area contributed by atoms with E-state index >= 15 is 0 Å². The van der Waals surface area contributed by atoms with Gasteiger partial charge < -0.3 is 20.0 Å². The Bertz CT molecular complexity index is 1530. The van der Waals surface area contributed by atoms with Crippen LogP contribution in [0.25, 0.3) is 0 Å². The minimum Gasteiger partial charge on any atom is -0.371 e. The van der Waals surface area contributed by atoms with Crippen molar-refractivity contribution in [1.29, 1.82) is 0 Å². The van der Waals surface area contributed by atoms with Gasteiger partial charge in [0, 0.05) is 62.3 Å². The third-order valence-electron chi connectivity index (χ3n) is 9.30. The summed E-state index contributed by atoms with van der Waals surface area (Å²) in [4.78, 5) is 32.5. The van der Waals surface area contributed by atoms with E-state index in [4.69, 9.17) is 0 Å². The molecule has 2 N–H and O–H groups in total. The van der Waals surface area contributed by atoms with Crippen LogP contribution in [0.2, 0.25) is 0 Å². The first-order valence-electron chi connectivity index (χ1n) is 16.5. The summed E-state index contributed by atoms with van der Waals surface area (Å²) < 4.78 is 13.5. The van der Waals surface area contributed by atoms with Crippen molar-refractivity contribution >= 4 is 46.8 Å². The summed E-state index contributed by atoms with van der Waals surface area (Å²) >= 11 is 0. The maximum absolute atomic E-state index is 13.5. The van der Waals surface area contributed by atoms with E-state index in [2.05, 4.69) is 59.3 Å². The first kappa shape index (κ1) is 31.4. The maximum atomic E-state index is 13.5. The van der Waals surface area contributed by atoms with E-state index in [0.29, 0.717) is 40.7 Å². The number of hydrazone groups is 1. The molecule has 1 aromatic heterocycles. The monoisotopic (exact) mass is 630 g/mol. The van der Waals surface area contributed by atoms with Gasteiger partial charge in [-0.25, -0.2) is 9.82 Å². The summed E-state index contributed by atoms with van der Waals surface area (Å²) in [5.41, 5.74) is 5.97. The molecule has 0 radical (unpaired) electrons. The molecule has 0 atom stereocenters. The molecule has 12 nitrogen and oxygen atoms in total. The quantitative estimate of drug-likeness (QED) is 0.152. The molecule has 3 aromatic rings. The van der Waals surface area contributed by atoms with Crippen LogP contribution >= 0.6 is 0 Å². The van der Waals surface area contributed by atoms with Crippen molar-refractivity contribution in [3.8, 4) is 0 Å². The Kier molecular flexibility index (Phi) is 9.74. The molecule has 0 spiro atoms. The van der Waals surface area contributed by atoms with E-state index in [1.54, 1.807) is 24.4 Å². The summed E-state index contributed by atoms with van der Waals surface area (Å²) in [7, 11) is 0. The van der Waals surface area contributed by atoms with Gasteiger partial charge in [0.2, 0.25) is 17.8 Å². The number of nitro groups is 1. The van der Waals surface area contributed by atoms with E-state index in [0.717, 1.165) is 89.9 Å². The first-order valence-corrected chi connectivity index (χ1v) is 16.5. The zero-order valence-electron chi connectivity index (χ0n) is 26.7. The molecular weight excluding hydrogens is 587 g/mol. The molecule has 3 aliphatic rings. The molecule has 3 aliphatic heterocycles. The lowest BCUT2D eigenvalue weighted by Gasteiger charge is -2.35. The topological polar surface area (TPSA) is 128 Å². The minimum absolute atomic E-state index is 0.0865. The van der Waals surface area contributed by atoms with Gasteiger partial charge in [-0.15, -0.1) is 0 Å². The van der Waals surface area contributed by atoms with E-state index in [-0.39, 0.29) is 22.4 Å². The highest BCUT2D eigenvalue weighted by Gasteiger charge is 2.28. The fourth-order valence-electron chi connectivity index (χ4n) is 6.39. The molecule has 0 bridgehead atoms. The fourth-order valence-corrected chi connectivity index (χ4v) is 6.39. The largest absolute Gasteiger partial charge is 0.371 e. The number of piperidine rings is 3. The molecular formula is C33H43FN10O2. The highest BCUT2D eigenvalue weighted by molar-refractivity contribution is 5.92. The number of anilines is 6. The predicted octanol–water partition coefficient (Wildman–Crippen LogP) is 6.57. The third kappa shape index (κ3) is 7.63. The smallest absolute Gasteiger partial charge is 0.293 e. The summed E-state index contributed by atoms with van der Waals surface area (Å²) in [6.07, 6.45) is 9.06. The molecule has 3 fully saturated rings. The second-order valence-corrected chi connectivity index (χ2v) is 12.8. The van der Waals surface area contributed by atoms with Gasteiger partial charge in [0.15, 0.2) is 0 Å². The Morgan fingerprint density at radius 2 is 1.43 bits per heavy atom. The van der Waals surface area contributed by atoms with Crippen LogP contribution in [-0.4, -0.2) is 65.4 Å². The number of aromatic nitrogens is 3. The van der Waals surface area contributed by atoms with Crippen molar-refractivity contribution in [2.45, 2.75) is 58.8 Å². The molecule has 6 rings (SSSR count). The van der Waals surface area contributed by atoms with Gasteiger partial charge in [-0.05, 0) is 87.1 Å². The number of nitrogens with one attached hydrogen (secondary N) is 2. The maximum Gasteiger partial charge on any atom is 0.293 e. The molecule has 2 aromatic carbocycles. The van der Waals surface area contributed by atoms with Crippen molar-refractivity contribution in [2.24, 2.45) is 16.9 Å². The standard InChI is InChI=1S/C33H43FN10O2/c1-23-10-16-41(17-11-23)28-21-29(42-18-12-24(2)13-19-42)30(44(45)46)20-25(28)22-35-40-32-37-31(36-27-8-6-26(34)7-9-27)38-33(39-32)43-14-4-3-5-15-43/h6-9,20-24H,3-5,10-19H2,1-2H3,(H2,36,37,38,39,40)/b35-22+. The normalized spacial score (nSPS) is 18.3. The Hall–Kier alpha value is -4.55. The molecule has 0 aliphatic carbocycles. The predicted molar refractivity (Wildman–Crippen MR) is 181 cm³/mol. The molecule has 0 amide bonds. The average molecular weight is 631 g/mol. The first-order chi connectivity index (χ1) is 22.3. The van der Waals surface area contributed by atoms with Crippen LogP contribution in [0.1, 0.15) is 64.4 Å². The number of halogens is 1. The number of nitrogens with zero attached hydrogens (tertiary/aromatic N) is 8. The van der Waals surface area contributed by atoms with Crippen LogP contribution in [0.4, 0.5) is 45.0 Å². The van der Waals surface area contributed by atoms with Crippen LogP contribution in [0.15, 0.2) is 41.5 Å². The van der Waals surface area contributed by atoms with Gasteiger partial charge in [0.05, 0.1) is 11.1 Å². The Balaban J connectivity index is 1.31. The van der Waals surface area contributed by atoms with Crippen molar-refractivity contribution < 1.29 is 9.31 Å². The van der Waals surface area contributed by atoms with Crippen LogP contribution in [0.3, 0.4) is 0 Å². The molecule has 3 saturated heterocycles. The van der Waals surface area contributed by atoms with Gasteiger partial charge in [0.1, 0.15) is 11.5 Å². The molecule has 244 valence electrons. The van der Waals surface area contributed by atoms with E-state index in [1.807, 2.05) is 6.07 Å². The third-order valence-corrected chi connectivity index (χ3v) is 9.30. The Morgan fingerprint density at radius 1 is 0.826 bits per heavy atom. The lowest BCUT2D eigenvalue weighted by molar-refractivity contribution is -0.384. The second-order valence-electron chi connectivity index (χ2n) is 12.8. The van der Waals surface area contributed by atoms with Crippen molar-refractivity contribution in [3.63, 3.8) is 0 Å². The van der Waals surface area contributed by atoms with Crippen molar-refractivity contribution in [1.82, 2.24) is 15.0 Å². The molecule has 0 unspecified atom stereocenters. The number of nitro benzene ring substituents is 1. The molecule has 0 saturated carbocycles. The summed E-state index contributed by atoms with van der Waals surface area (Å²) in [6, 6.07) is 9.63. The fraction of sp³-hybridized carbons (Fsp3) is 0.515. The van der Waals surface area contributed by atoms with Crippen LogP contribution in [0.5, 0.6) is 0 Å². The van der Waals surface area contributed by atoms with Crippen LogP contribution in [-0.2, 0) is 0 Å². The Morgan fingerprint density at radius 3 is 2.07 bits per heavy atom. The lowest BCUT2D eigenvalue weighted by atomic mass is 9.96. The van der Waals surface area contributed by atoms with Gasteiger partial charge in [-0.3, -0.25) is 10.1 Å². The molecule has 46 heavy (non-hydrogen) atoms. The summed E-state index contributed by atoms with van der Waals surface area (Å²) in [6.45, 7) is 9.57. The summed E-state index contributed by atoms with van der Waals surface area (Å²) in [5, 5.41) is 20.0. The number of hydrogen-bond donors (Lipinski definition) is 2. The lowest BCUT2D eigenvalue weighted by Crippen LogP contribution is -2.35. The SMILES string of the molecule is CC1CCN(c2cc(N3CCC(C)CC3)c([N+](=O)[O-])cc2/C=N/Nc2nc(Nc3ccc(F)cc3)nc(N3CCCCC3)n2)CC1. The van der Waals surface area contributed by atoms with Gasteiger partial charge in [-0.1, -0.05) is 13.8 Å². The van der Waals surface area contributed by atoms with Crippen molar-refractivity contribution in [3.05, 3.63) is 57.9 Å². The number of benzene rings is 2. The zero-order valence-corrected chi connectivity index (χ0v) is 26.7. The minimum atomic E-state index is -0.330. The van der Waals surface area contributed by atoms with Gasteiger partial charge >= 0.3 is 0 Å². The van der Waals surface area contributed by atoms with Gasteiger partial charge in [0.25, 0.3) is 5.69 Å². The summed E-state index contributed by atoms with van der Waals surface area (Å²) in [5.74, 6) is 2.00. The highest BCUT2D eigenvalue weighted by Crippen LogP contribution is 2.38. The van der Waals surface area contributed by atoms with E-state index in [1.165, 1.54) is 12.1 Å². The number of hydrogen-bond acceptors (Lipinski definition) is 11. The zero-order chi connectivity index (χ0) is 32.0. The van der Waals surface area contributed by atoms with Crippen LogP contribution < -0.4 is 25.4 Å². The second kappa shape index (κ2) is 14.3. The highest BCUT2D eigenvalue weighted by atomic mass is 19.1. The average Bonchev–Trinajstić information content (AvgIpc) is 3.07. The van der Waals surface area contributed by atoms with Gasteiger partial charge in [-0.2, -0.15) is 20.1 Å².